The summed E-state index contributed by atoms with van der Waals surface area (Å²) < 4.78 is 11.6. The molecule has 5 rings (SSSR count). The first-order valence-corrected chi connectivity index (χ1v) is 12.7. The van der Waals surface area contributed by atoms with Crippen LogP contribution in [0.1, 0.15) is 36.0 Å². The third-order valence-corrected chi connectivity index (χ3v) is 7.30. The number of carbonyl (C=O) groups is 3. The van der Waals surface area contributed by atoms with Crippen LogP contribution in [0.2, 0.25) is 0 Å². The van der Waals surface area contributed by atoms with Gasteiger partial charge in [0.05, 0.1) is 12.7 Å². The van der Waals surface area contributed by atoms with E-state index in [0.29, 0.717) is 13.0 Å². The molecule has 2 aliphatic rings. The lowest BCUT2D eigenvalue weighted by Crippen LogP contribution is -2.63. The molecule has 3 atom stereocenters. The summed E-state index contributed by atoms with van der Waals surface area (Å²) in [6, 6.07) is 23.5. The van der Waals surface area contributed by atoms with Crippen molar-refractivity contribution in [2.75, 3.05) is 13.2 Å². The molecule has 3 aromatic carbocycles. The molecule has 2 N–H and O–H groups in total. The van der Waals surface area contributed by atoms with E-state index in [1.54, 1.807) is 6.92 Å². The third-order valence-electron chi connectivity index (χ3n) is 7.30. The summed E-state index contributed by atoms with van der Waals surface area (Å²) in [7, 11) is 0. The molecule has 8 heteroatoms. The number of hydrogen-bond acceptors (Lipinski definition) is 5. The lowest BCUT2D eigenvalue weighted by Gasteiger charge is -2.41. The zero-order valence-electron chi connectivity index (χ0n) is 21.1. The molecular weight excluding hydrogens is 484 g/mol. The third kappa shape index (κ3) is 5.13. The number of aliphatic carboxylic acids is 1. The van der Waals surface area contributed by atoms with Crippen LogP contribution >= 0.6 is 0 Å². The number of carboxylic acid groups (broad SMARTS) is 1. The van der Waals surface area contributed by atoms with Crippen molar-refractivity contribution in [3.63, 3.8) is 0 Å². The molecule has 196 valence electrons. The number of amides is 2. The number of carboxylic acids is 1. The number of carbonyl (C=O) groups excluding carboxylic acids is 2. The van der Waals surface area contributed by atoms with Gasteiger partial charge in [-0.3, -0.25) is 4.79 Å². The van der Waals surface area contributed by atoms with Crippen molar-refractivity contribution in [3.05, 3.63) is 95.6 Å². The second kappa shape index (κ2) is 11.1. The standard InChI is InChI=1S/C30H30N2O6/c1-19(37-17-20-9-3-2-4-10-20)27(28(33)32-16-15-26(32)29(34)35)31-30(36)38-18-25-23-13-7-5-11-21(23)22-12-6-8-14-24(22)25/h2-14,19,25-27H,15-18H2,1H3,(H,31,36)(H,34,35). The molecular formula is C30H30N2O6. The molecule has 1 aliphatic heterocycles. The average molecular weight is 515 g/mol. The molecule has 3 unspecified atom stereocenters. The van der Waals surface area contributed by atoms with Crippen LogP contribution in [0, 0.1) is 0 Å². The number of rotatable bonds is 9. The second-order valence-electron chi connectivity index (χ2n) is 9.62. The van der Waals surface area contributed by atoms with Crippen molar-refractivity contribution in [2.24, 2.45) is 0 Å². The average Bonchev–Trinajstić information content (AvgIpc) is 3.22. The van der Waals surface area contributed by atoms with Crippen molar-refractivity contribution in [2.45, 2.75) is 44.1 Å². The number of alkyl carbamates (subject to hydrolysis) is 1. The molecule has 1 fully saturated rings. The predicted molar refractivity (Wildman–Crippen MR) is 140 cm³/mol. The first kappa shape index (κ1) is 25.5. The fourth-order valence-corrected chi connectivity index (χ4v) is 5.13. The first-order chi connectivity index (χ1) is 18.4. The zero-order valence-corrected chi connectivity index (χ0v) is 21.1. The highest BCUT2D eigenvalue weighted by atomic mass is 16.5. The molecule has 0 aromatic heterocycles. The Bertz CT molecular complexity index is 1280. The number of benzene rings is 3. The summed E-state index contributed by atoms with van der Waals surface area (Å²) in [5.74, 6) is -1.69. The van der Waals surface area contributed by atoms with E-state index >= 15 is 0 Å². The lowest BCUT2D eigenvalue weighted by molar-refractivity contribution is -0.160. The summed E-state index contributed by atoms with van der Waals surface area (Å²) >= 11 is 0. The Morgan fingerprint density at radius 1 is 0.947 bits per heavy atom. The highest BCUT2D eigenvalue weighted by molar-refractivity contribution is 5.91. The normalized spacial score (nSPS) is 17.5. The SMILES string of the molecule is CC(OCc1ccccc1)C(NC(=O)OCC1c2ccccc2-c2ccccc21)C(=O)N1CCC1C(=O)O. The highest BCUT2D eigenvalue weighted by Gasteiger charge is 2.42. The molecule has 3 aromatic rings. The van der Waals surface area contributed by atoms with Gasteiger partial charge in [0, 0.05) is 12.5 Å². The van der Waals surface area contributed by atoms with Gasteiger partial charge >= 0.3 is 12.1 Å². The van der Waals surface area contributed by atoms with Crippen LogP contribution in [0.4, 0.5) is 4.79 Å². The van der Waals surface area contributed by atoms with Gasteiger partial charge in [0.1, 0.15) is 18.7 Å². The fraction of sp³-hybridized carbons (Fsp3) is 0.300. The molecule has 1 aliphatic carbocycles. The van der Waals surface area contributed by atoms with Crippen LogP contribution in [0.5, 0.6) is 0 Å². The predicted octanol–water partition coefficient (Wildman–Crippen LogP) is 4.18. The van der Waals surface area contributed by atoms with Crippen molar-refractivity contribution in [1.29, 1.82) is 0 Å². The molecule has 1 heterocycles. The molecule has 38 heavy (non-hydrogen) atoms. The summed E-state index contributed by atoms with van der Waals surface area (Å²) in [4.78, 5) is 39.1. The van der Waals surface area contributed by atoms with E-state index in [9.17, 15) is 19.5 Å². The summed E-state index contributed by atoms with van der Waals surface area (Å²) in [6.45, 7) is 2.33. The van der Waals surface area contributed by atoms with Crippen molar-refractivity contribution < 1.29 is 29.0 Å². The Balaban J connectivity index is 1.28. The van der Waals surface area contributed by atoms with Gasteiger partial charge < -0.3 is 24.8 Å². The smallest absolute Gasteiger partial charge is 0.407 e. The quantitative estimate of drug-likeness (QED) is 0.444. The van der Waals surface area contributed by atoms with E-state index in [4.69, 9.17) is 9.47 Å². The minimum absolute atomic E-state index is 0.0987. The Morgan fingerprint density at radius 3 is 2.13 bits per heavy atom. The zero-order chi connectivity index (χ0) is 26.6. The van der Waals surface area contributed by atoms with Gasteiger partial charge in [0.2, 0.25) is 5.91 Å². The molecule has 1 saturated heterocycles. The Morgan fingerprint density at radius 2 is 1.55 bits per heavy atom. The van der Waals surface area contributed by atoms with E-state index in [0.717, 1.165) is 27.8 Å². The van der Waals surface area contributed by atoms with E-state index in [1.807, 2.05) is 66.7 Å². The maximum atomic E-state index is 13.3. The van der Waals surface area contributed by atoms with Crippen LogP contribution in [0.25, 0.3) is 11.1 Å². The molecule has 0 radical (unpaired) electrons. The van der Waals surface area contributed by atoms with Gasteiger partial charge in [0.25, 0.3) is 0 Å². The summed E-state index contributed by atoms with van der Waals surface area (Å²) in [6.07, 6.45) is -1.11. The number of ether oxygens (including phenoxy) is 2. The number of nitrogens with one attached hydrogen (secondary N) is 1. The monoisotopic (exact) mass is 514 g/mol. The van der Waals surface area contributed by atoms with E-state index in [-0.39, 0.29) is 19.1 Å². The maximum absolute atomic E-state index is 13.3. The van der Waals surface area contributed by atoms with Gasteiger partial charge in [-0.15, -0.1) is 0 Å². The summed E-state index contributed by atoms with van der Waals surface area (Å²) in [5.41, 5.74) is 5.31. The molecule has 0 bridgehead atoms. The van der Waals surface area contributed by atoms with Crippen molar-refractivity contribution in [1.82, 2.24) is 10.2 Å². The number of hydrogen-bond donors (Lipinski definition) is 2. The lowest BCUT2D eigenvalue weighted by atomic mass is 9.98. The summed E-state index contributed by atoms with van der Waals surface area (Å²) in [5, 5.41) is 12.1. The topological polar surface area (TPSA) is 105 Å². The fourth-order valence-electron chi connectivity index (χ4n) is 5.13. The number of fused-ring (bicyclic) bond motifs is 3. The molecule has 0 spiro atoms. The van der Waals surface area contributed by atoms with Crippen LogP contribution in [-0.2, 0) is 25.7 Å². The maximum Gasteiger partial charge on any atom is 0.407 e. The van der Waals surface area contributed by atoms with Crippen molar-refractivity contribution >= 4 is 18.0 Å². The van der Waals surface area contributed by atoms with Crippen LogP contribution < -0.4 is 5.32 Å². The second-order valence-corrected chi connectivity index (χ2v) is 9.62. The van der Waals surface area contributed by atoms with Gasteiger partial charge in [-0.2, -0.15) is 0 Å². The van der Waals surface area contributed by atoms with Crippen molar-refractivity contribution in [3.8, 4) is 11.1 Å². The van der Waals surface area contributed by atoms with Crippen LogP contribution in [0.3, 0.4) is 0 Å². The largest absolute Gasteiger partial charge is 0.480 e. The minimum Gasteiger partial charge on any atom is -0.480 e. The van der Waals surface area contributed by atoms with Gasteiger partial charge in [-0.1, -0.05) is 78.9 Å². The minimum atomic E-state index is -1.10. The first-order valence-electron chi connectivity index (χ1n) is 12.7. The molecule has 0 saturated carbocycles. The van der Waals surface area contributed by atoms with Crippen LogP contribution in [-0.4, -0.2) is 59.3 Å². The number of likely N-dealkylation sites (tertiary alicyclic amines) is 1. The number of nitrogens with zero attached hydrogens (tertiary/aromatic N) is 1. The Kier molecular flexibility index (Phi) is 7.42. The van der Waals surface area contributed by atoms with Crippen LogP contribution in [0.15, 0.2) is 78.9 Å². The van der Waals surface area contributed by atoms with Gasteiger partial charge in [-0.25, -0.2) is 9.59 Å². The molecule has 2 amide bonds. The van der Waals surface area contributed by atoms with E-state index in [1.165, 1.54) is 4.90 Å². The van der Waals surface area contributed by atoms with E-state index < -0.39 is 36.2 Å². The van der Waals surface area contributed by atoms with Gasteiger partial charge in [0.15, 0.2) is 0 Å². The Labute approximate surface area is 221 Å². The molecule has 8 nitrogen and oxygen atoms in total. The van der Waals surface area contributed by atoms with Gasteiger partial charge in [-0.05, 0) is 41.2 Å². The van der Waals surface area contributed by atoms with E-state index in [2.05, 4.69) is 17.4 Å². The Hall–Kier alpha value is -4.17. The highest BCUT2D eigenvalue weighted by Crippen LogP contribution is 2.44.